The van der Waals surface area contributed by atoms with Crippen molar-refractivity contribution in [3.63, 3.8) is 0 Å². The quantitative estimate of drug-likeness (QED) is 0.300. The first-order chi connectivity index (χ1) is 15.9. The molecule has 0 saturated heterocycles. The van der Waals surface area contributed by atoms with Gasteiger partial charge in [0.25, 0.3) is 0 Å². The highest BCUT2D eigenvalue weighted by atomic mass is 32.1. The first-order valence-electron chi connectivity index (χ1n) is 11.5. The Balaban J connectivity index is 1.58. The Bertz CT molecular complexity index is 1080. The smallest absolute Gasteiger partial charge is 0.120 e. The van der Waals surface area contributed by atoms with E-state index in [2.05, 4.69) is 98.0 Å². The molecule has 1 heterocycles. The molecule has 0 bridgehead atoms. The molecule has 1 aromatic heterocycles. The zero-order valence-electron chi connectivity index (χ0n) is 20.2. The molecular weight excluding hydrogens is 424 g/mol. The molecule has 0 N–H and O–H groups in total. The van der Waals surface area contributed by atoms with Crippen LogP contribution in [0.25, 0.3) is 10.4 Å². The van der Waals surface area contributed by atoms with Crippen molar-refractivity contribution in [1.29, 1.82) is 0 Å². The molecule has 0 aliphatic rings. The maximum atomic E-state index is 6.13. The van der Waals surface area contributed by atoms with Crippen LogP contribution in [-0.2, 0) is 13.2 Å². The van der Waals surface area contributed by atoms with Crippen LogP contribution in [-0.4, -0.2) is 23.0 Å². The lowest BCUT2D eigenvalue weighted by Crippen LogP contribution is -2.24. The third-order valence-electron chi connectivity index (χ3n) is 4.91. The molecule has 172 valence electrons. The van der Waals surface area contributed by atoms with E-state index >= 15 is 0 Å². The number of nitrogens with zero attached hydrogens (tertiary/aromatic N) is 2. The second kappa shape index (κ2) is 12.4. The van der Waals surface area contributed by atoms with E-state index in [1.807, 2.05) is 23.8 Å². The van der Waals surface area contributed by atoms with Gasteiger partial charge in [0.05, 0.1) is 10.4 Å². The van der Waals surface area contributed by atoms with Crippen molar-refractivity contribution in [2.75, 3.05) is 13.1 Å². The van der Waals surface area contributed by atoms with Crippen molar-refractivity contribution in [1.82, 2.24) is 9.88 Å². The van der Waals surface area contributed by atoms with Crippen molar-refractivity contribution in [3.05, 3.63) is 83.5 Å². The first kappa shape index (κ1) is 24.8. The summed E-state index contributed by atoms with van der Waals surface area (Å²) in [6, 6.07) is 16.9. The molecule has 0 aliphatic heterocycles. The van der Waals surface area contributed by atoms with Crippen LogP contribution < -0.4 is 4.74 Å². The van der Waals surface area contributed by atoms with Gasteiger partial charge in [0.2, 0.25) is 0 Å². The molecule has 4 heteroatoms. The van der Waals surface area contributed by atoms with E-state index in [1.54, 1.807) is 11.3 Å². The highest BCUT2D eigenvalue weighted by Crippen LogP contribution is 2.24. The zero-order chi connectivity index (χ0) is 23.5. The maximum absolute atomic E-state index is 6.13. The van der Waals surface area contributed by atoms with Crippen LogP contribution in [0.5, 0.6) is 5.75 Å². The number of allylic oxidation sites excluding steroid dienone is 1. The molecule has 3 aromatic rings. The fraction of sp³-hybridized carbons (Fsp3) is 0.345. The lowest BCUT2D eigenvalue weighted by molar-refractivity contribution is 0.290. The van der Waals surface area contributed by atoms with Gasteiger partial charge < -0.3 is 4.74 Å². The summed E-state index contributed by atoms with van der Waals surface area (Å²) < 4.78 is 6.13. The minimum Gasteiger partial charge on any atom is -0.489 e. The van der Waals surface area contributed by atoms with Gasteiger partial charge in [-0.15, -0.1) is 11.3 Å². The standard InChI is InChI=1S/C29H34N2OS/c1-5-16-31(17-8-6-7-15-29(2,3)4)21-24-11-10-14-27(19-24)32-22-25-12-9-13-26(18-25)28-20-30-23-33-28/h6,8-14,18-20,23H,5,16-17,21-22H2,1-4H3. The third-order valence-corrected chi connectivity index (χ3v) is 5.73. The largest absolute Gasteiger partial charge is 0.489 e. The fourth-order valence-electron chi connectivity index (χ4n) is 3.40. The molecule has 0 radical (unpaired) electrons. The molecule has 3 nitrogen and oxygen atoms in total. The van der Waals surface area contributed by atoms with Gasteiger partial charge in [0.15, 0.2) is 0 Å². The Morgan fingerprint density at radius 2 is 1.91 bits per heavy atom. The van der Waals surface area contributed by atoms with Gasteiger partial charge in [0.1, 0.15) is 12.4 Å². The Labute approximate surface area is 203 Å². The Morgan fingerprint density at radius 1 is 1.09 bits per heavy atom. The SMILES string of the molecule is CCCN(CC=CC#CC(C)(C)C)Cc1cccc(OCc2cccc(-c3cncs3)c2)c1. The van der Waals surface area contributed by atoms with Gasteiger partial charge in [-0.2, -0.15) is 0 Å². The van der Waals surface area contributed by atoms with E-state index in [1.165, 1.54) is 16.0 Å². The molecule has 3 rings (SSSR count). The van der Waals surface area contributed by atoms with Crippen molar-refractivity contribution >= 4 is 11.3 Å². The monoisotopic (exact) mass is 458 g/mol. The molecule has 0 atom stereocenters. The van der Waals surface area contributed by atoms with Crippen LogP contribution in [0.4, 0.5) is 0 Å². The van der Waals surface area contributed by atoms with Crippen molar-refractivity contribution in [2.45, 2.75) is 47.3 Å². The van der Waals surface area contributed by atoms with Gasteiger partial charge in [-0.1, -0.05) is 55.2 Å². The van der Waals surface area contributed by atoms with Crippen molar-refractivity contribution < 1.29 is 4.74 Å². The van der Waals surface area contributed by atoms with Crippen molar-refractivity contribution in [3.8, 4) is 28.0 Å². The summed E-state index contributed by atoms with van der Waals surface area (Å²) >= 11 is 1.65. The highest BCUT2D eigenvalue weighted by molar-refractivity contribution is 7.13. The number of aromatic nitrogens is 1. The summed E-state index contributed by atoms with van der Waals surface area (Å²) in [6.45, 7) is 12.0. The lowest BCUT2D eigenvalue weighted by Gasteiger charge is -2.20. The van der Waals surface area contributed by atoms with Crippen LogP contribution in [0.15, 0.2) is 72.4 Å². The second-order valence-corrected chi connectivity index (χ2v) is 10.0. The van der Waals surface area contributed by atoms with Crippen LogP contribution >= 0.6 is 11.3 Å². The number of benzene rings is 2. The Morgan fingerprint density at radius 3 is 2.67 bits per heavy atom. The van der Waals surface area contributed by atoms with Crippen LogP contribution in [0.3, 0.4) is 0 Å². The minimum absolute atomic E-state index is 0.0381. The second-order valence-electron chi connectivity index (χ2n) is 9.16. The first-order valence-corrected chi connectivity index (χ1v) is 12.4. The van der Waals surface area contributed by atoms with E-state index in [0.29, 0.717) is 6.61 Å². The number of hydrogen-bond acceptors (Lipinski definition) is 4. The van der Waals surface area contributed by atoms with E-state index in [4.69, 9.17) is 4.74 Å². The summed E-state index contributed by atoms with van der Waals surface area (Å²) in [5, 5.41) is 0. The van der Waals surface area contributed by atoms with Gasteiger partial charge in [0, 0.05) is 24.7 Å². The van der Waals surface area contributed by atoms with Gasteiger partial charge in [-0.25, -0.2) is 0 Å². The van der Waals surface area contributed by atoms with Crippen molar-refractivity contribution in [2.24, 2.45) is 5.41 Å². The Hall–Kier alpha value is -2.87. The molecule has 0 amide bonds. The summed E-state index contributed by atoms with van der Waals surface area (Å²) in [5.41, 5.74) is 5.49. The summed E-state index contributed by atoms with van der Waals surface area (Å²) in [5.74, 6) is 7.31. The zero-order valence-corrected chi connectivity index (χ0v) is 21.0. The van der Waals surface area contributed by atoms with Gasteiger partial charge in [-0.05, 0) is 74.7 Å². The summed E-state index contributed by atoms with van der Waals surface area (Å²) in [6.07, 6.45) is 7.16. The van der Waals surface area contributed by atoms with E-state index < -0.39 is 0 Å². The van der Waals surface area contributed by atoms with E-state index in [-0.39, 0.29) is 5.41 Å². The molecule has 0 fully saturated rings. The molecule has 33 heavy (non-hydrogen) atoms. The summed E-state index contributed by atoms with van der Waals surface area (Å²) in [7, 11) is 0. The maximum Gasteiger partial charge on any atom is 0.120 e. The highest BCUT2D eigenvalue weighted by Gasteiger charge is 2.06. The minimum atomic E-state index is 0.0381. The molecule has 0 spiro atoms. The van der Waals surface area contributed by atoms with Crippen LogP contribution in [0.1, 0.15) is 45.2 Å². The lowest BCUT2D eigenvalue weighted by atomic mass is 9.98. The molecule has 2 aromatic carbocycles. The van der Waals surface area contributed by atoms with E-state index in [9.17, 15) is 0 Å². The number of rotatable bonds is 10. The number of hydrogen-bond donors (Lipinski definition) is 0. The topological polar surface area (TPSA) is 25.4 Å². The number of ether oxygens (including phenoxy) is 1. The third kappa shape index (κ3) is 8.88. The molecule has 0 aliphatic carbocycles. The van der Waals surface area contributed by atoms with Gasteiger partial charge >= 0.3 is 0 Å². The fourth-order valence-corrected chi connectivity index (χ4v) is 4.02. The normalized spacial score (nSPS) is 11.5. The van der Waals surface area contributed by atoms with Gasteiger partial charge in [-0.3, -0.25) is 9.88 Å². The molecule has 0 saturated carbocycles. The summed E-state index contributed by atoms with van der Waals surface area (Å²) in [4.78, 5) is 7.79. The average molecular weight is 459 g/mol. The predicted octanol–water partition coefficient (Wildman–Crippen LogP) is 7.21. The number of thiazole rings is 1. The predicted molar refractivity (Wildman–Crippen MR) is 140 cm³/mol. The van der Waals surface area contributed by atoms with Crippen LogP contribution in [0.2, 0.25) is 0 Å². The van der Waals surface area contributed by atoms with Crippen LogP contribution in [0, 0.1) is 17.3 Å². The molecular formula is C29H34N2OS. The Kier molecular flexibility index (Phi) is 9.30. The van der Waals surface area contributed by atoms with E-state index in [0.717, 1.165) is 37.4 Å². The molecule has 0 unspecified atom stereocenters. The average Bonchev–Trinajstić information content (AvgIpc) is 3.32.